The van der Waals surface area contributed by atoms with Crippen molar-refractivity contribution < 1.29 is 4.74 Å². The van der Waals surface area contributed by atoms with Crippen LogP contribution in [0.5, 0.6) is 0 Å². The second-order valence-electron chi connectivity index (χ2n) is 5.03. The molecule has 0 aliphatic heterocycles. The number of nitrogens with one attached hydrogen (secondary N) is 2. The highest BCUT2D eigenvalue weighted by Crippen LogP contribution is 2.07. The molecule has 0 unspecified atom stereocenters. The number of hydrogen-bond donors (Lipinski definition) is 2. The molecule has 0 aliphatic carbocycles. The van der Waals surface area contributed by atoms with Gasteiger partial charge in [-0.25, -0.2) is 4.68 Å². The molecular weight excluding hydrogens is 417 g/mol. The Balaban J connectivity index is 0.00000288. The minimum atomic E-state index is 0. The average Bonchev–Trinajstić information content (AvgIpc) is 3.07. The lowest BCUT2D eigenvalue weighted by Gasteiger charge is -2.11. The van der Waals surface area contributed by atoms with E-state index in [0.717, 1.165) is 43.4 Å². The van der Waals surface area contributed by atoms with E-state index in [0.29, 0.717) is 6.54 Å². The van der Waals surface area contributed by atoms with E-state index in [9.17, 15) is 0 Å². The van der Waals surface area contributed by atoms with Gasteiger partial charge >= 0.3 is 0 Å². The van der Waals surface area contributed by atoms with Crippen LogP contribution in [0.3, 0.4) is 0 Å². The van der Waals surface area contributed by atoms with Crippen molar-refractivity contribution >= 4 is 29.9 Å². The van der Waals surface area contributed by atoms with Gasteiger partial charge in [0.25, 0.3) is 0 Å². The molecule has 7 heteroatoms. The van der Waals surface area contributed by atoms with Crippen molar-refractivity contribution in [3.8, 4) is 5.69 Å². The van der Waals surface area contributed by atoms with Crippen molar-refractivity contribution in [2.75, 3.05) is 26.8 Å². The fraction of sp³-hybridized carbons (Fsp3) is 0.412. The first-order chi connectivity index (χ1) is 11.3. The second-order valence-corrected chi connectivity index (χ2v) is 5.03. The molecule has 132 valence electrons. The minimum absolute atomic E-state index is 0. The van der Waals surface area contributed by atoms with Gasteiger partial charge in [-0.3, -0.25) is 4.99 Å². The van der Waals surface area contributed by atoms with Crippen LogP contribution >= 0.6 is 24.0 Å². The van der Waals surface area contributed by atoms with E-state index in [1.165, 1.54) is 0 Å². The fourth-order valence-electron chi connectivity index (χ4n) is 2.11. The van der Waals surface area contributed by atoms with E-state index in [-0.39, 0.29) is 24.0 Å². The maximum atomic E-state index is 5.31. The summed E-state index contributed by atoms with van der Waals surface area (Å²) in [6.07, 6.45) is 4.84. The molecule has 2 aromatic rings. The number of halogens is 1. The SMILES string of the molecule is CCOCCCNC(=NC)NCc1cnn(-c2ccccc2)c1.I. The van der Waals surface area contributed by atoms with Crippen molar-refractivity contribution in [2.24, 2.45) is 4.99 Å². The lowest BCUT2D eigenvalue weighted by molar-refractivity contribution is 0.145. The second kappa shape index (κ2) is 11.9. The number of nitrogens with zero attached hydrogens (tertiary/aromatic N) is 3. The summed E-state index contributed by atoms with van der Waals surface area (Å²) in [6.45, 7) is 5.05. The Hall–Kier alpha value is -1.61. The molecule has 0 saturated carbocycles. The van der Waals surface area contributed by atoms with Crippen molar-refractivity contribution in [1.29, 1.82) is 0 Å². The monoisotopic (exact) mass is 443 g/mol. The van der Waals surface area contributed by atoms with Crippen LogP contribution in [-0.2, 0) is 11.3 Å². The number of benzene rings is 1. The first kappa shape index (κ1) is 20.4. The summed E-state index contributed by atoms with van der Waals surface area (Å²) in [7, 11) is 1.77. The molecule has 1 aromatic heterocycles. The fourth-order valence-corrected chi connectivity index (χ4v) is 2.11. The lowest BCUT2D eigenvalue weighted by Crippen LogP contribution is -2.37. The summed E-state index contributed by atoms with van der Waals surface area (Å²) < 4.78 is 7.18. The molecule has 0 atom stereocenters. The third kappa shape index (κ3) is 6.88. The first-order valence-corrected chi connectivity index (χ1v) is 7.94. The maximum absolute atomic E-state index is 5.31. The Kier molecular flexibility index (Phi) is 10.1. The smallest absolute Gasteiger partial charge is 0.191 e. The highest BCUT2D eigenvalue weighted by atomic mass is 127. The summed E-state index contributed by atoms with van der Waals surface area (Å²) in [5.74, 6) is 0.786. The van der Waals surface area contributed by atoms with Crippen LogP contribution in [0.2, 0.25) is 0 Å². The van der Waals surface area contributed by atoms with Crippen LogP contribution in [0.25, 0.3) is 5.69 Å². The van der Waals surface area contributed by atoms with E-state index in [2.05, 4.69) is 20.7 Å². The van der Waals surface area contributed by atoms with Gasteiger partial charge in [0.15, 0.2) is 5.96 Å². The third-order valence-electron chi connectivity index (χ3n) is 3.30. The van der Waals surface area contributed by atoms with Crippen LogP contribution in [0.4, 0.5) is 0 Å². The number of rotatable bonds is 8. The van der Waals surface area contributed by atoms with Gasteiger partial charge in [0.1, 0.15) is 0 Å². The third-order valence-corrected chi connectivity index (χ3v) is 3.30. The summed E-state index contributed by atoms with van der Waals surface area (Å²) in [6, 6.07) is 10.1. The van der Waals surface area contributed by atoms with Gasteiger partial charge in [0.05, 0.1) is 11.9 Å². The Labute approximate surface area is 160 Å². The largest absolute Gasteiger partial charge is 0.382 e. The highest BCUT2D eigenvalue weighted by Gasteiger charge is 2.02. The van der Waals surface area contributed by atoms with E-state index < -0.39 is 0 Å². The number of aromatic nitrogens is 2. The Morgan fingerprint density at radius 1 is 1.25 bits per heavy atom. The number of hydrogen-bond acceptors (Lipinski definition) is 3. The number of para-hydroxylation sites is 1. The van der Waals surface area contributed by atoms with E-state index in [1.807, 2.05) is 54.3 Å². The van der Waals surface area contributed by atoms with Crippen LogP contribution in [0, 0.1) is 0 Å². The normalized spacial score (nSPS) is 11.0. The predicted molar refractivity (Wildman–Crippen MR) is 108 cm³/mol. The summed E-state index contributed by atoms with van der Waals surface area (Å²) in [5.41, 5.74) is 2.16. The van der Waals surface area contributed by atoms with Crippen LogP contribution < -0.4 is 10.6 Å². The van der Waals surface area contributed by atoms with Gasteiger partial charge in [-0.05, 0) is 25.5 Å². The molecule has 0 fully saturated rings. The van der Waals surface area contributed by atoms with Crippen molar-refractivity contribution in [2.45, 2.75) is 19.9 Å². The van der Waals surface area contributed by atoms with Gasteiger partial charge in [0.2, 0.25) is 0 Å². The standard InChI is InChI=1S/C17H25N5O.HI/c1-3-23-11-7-10-19-17(18-2)20-12-15-13-21-22(14-15)16-8-5-4-6-9-16;/h4-6,8-9,13-14H,3,7,10-12H2,1-2H3,(H2,18,19,20);1H. The molecule has 0 radical (unpaired) electrons. The van der Waals surface area contributed by atoms with E-state index in [4.69, 9.17) is 4.74 Å². The van der Waals surface area contributed by atoms with Crippen LogP contribution in [0.1, 0.15) is 18.9 Å². The van der Waals surface area contributed by atoms with Crippen molar-refractivity contribution in [3.63, 3.8) is 0 Å². The molecule has 0 saturated heterocycles. The number of guanidine groups is 1. The van der Waals surface area contributed by atoms with Gasteiger partial charge < -0.3 is 15.4 Å². The van der Waals surface area contributed by atoms with Crippen LogP contribution in [-0.4, -0.2) is 42.5 Å². The van der Waals surface area contributed by atoms with Gasteiger partial charge in [0, 0.05) is 45.1 Å². The van der Waals surface area contributed by atoms with E-state index >= 15 is 0 Å². The Bertz CT molecular complexity index is 600. The van der Waals surface area contributed by atoms with Crippen molar-refractivity contribution in [3.05, 3.63) is 48.3 Å². The minimum Gasteiger partial charge on any atom is -0.382 e. The molecule has 24 heavy (non-hydrogen) atoms. The Morgan fingerprint density at radius 3 is 2.75 bits per heavy atom. The molecule has 1 aromatic carbocycles. The summed E-state index contributed by atoms with van der Waals surface area (Å²) >= 11 is 0. The van der Waals surface area contributed by atoms with Gasteiger partial charge in [-0.1, -0.05) is 18.2 Å². The van der Waals surface area contributed by atoms with Gasteiger partial charge in [-0.2, -0.15) is 5.10 Å². The number of aliphatic imine (C=N–C) groups is 1. The maximum Gasteiger partial charge on any atom is 0.191 e. The highest BCUT2D eigenvalue weighted by molar-refractivity contribution is 14.0. The molecule has 2 N–H and O–H groups in total. The molecule has 1 heterocycles. The average molecular weight is 443 g/mol. The van der Waals surface area contributed by atoms with Gasteiger partial charge in [-0.15, -0.1) is 24.0 Å². The molecule has 0 spiro atoms. The quantitative estimate of drug-likeness (QED) is 0.285. The molecule has 2 rings (SSSR count). The zero-order valence-corrected chi connectivity index (χ0v) is 16.6. The summed E-state index contributed by atoms with van der Waals surface area (Å²) in [5, 5.41) is 10.9. The molecule has 0 amide bonds. The molecule has 0 aliphatic rings. The topological polar surface area (TPSA) is 63.5 Å². The first-order valence-electron chi connectivity index (χ1n) is 7.94. The lowest BCUT2D eigenvalue weighted by atomic mass is 10.3. The van der Waals surface area contributed by atoms with E-state index in [1.54, 1.807) is 7.05 Å². The zero-order valence-electron chi connectivity index (χ0n) is 14.2. The zero-order chi connectivity index (χ0) is 16.3. The summed E-state index contributed by atoms with van der Waals surface area (Å²) in [4.78, 5) is 4.21. The van der Waals surface area contributed by atoms with Crippen molar-refractivity contribution in [1.82, 2.24) is 20.4 Å². The Morgan fingerprint density at radius 2 is 2.04 bits per heavy atom. The molecule has 0 bridgehead atoms. The molecule has 6 nitrogen and oxygen atoms in total. The molecular formula is C17H26IN5O. The predicted octanol–water partition coefficient (Wildman–Crippen LogP) is 2.58. The number of ether oxygens (including phenoxy) is 1. The van der Waals surface area contributed by atoms with Crippen LogP contribution in [0.15, 0.2) is 47.7 Å².